The summed E-state index contributed by atoms with van der Waals surface area (Å²) in [5.74, 6) is 0.167. The fourth-order valence-electron chi connectivity index (χ4n) is 0.243. The highest BCUT2D eigenvalue weighted by Crippen LogP contribution is 1.96. The summed E-state index contributed by atoms with van der Waals surface area (Å²) in [6.45, 7) is 6.40. The average Bonchev–Trinajstić information content (AvgIpc) is 1.90. The smallest absolute Gasteiger partial charge is 0.318 e. The van der Waals surface area contributed by atoms with Gasteiger partial charge in [-0.25, -0.2) is 0 Å². The van der Waals surface area contributed by atoms with Crippen LogP contribution in [0.2, 0.25) is 0 Å². The highest BCUT2D eigenvalue weighted by molar-refractivity contribution is 5.28. The first-order valence-corrected chi connectivity index (χ1v) is 1.82. The number of hydrogen-bond donors (Lipinski definition) is 0. The molecule has 1 heterocycles. The van der Waals surface area contributed by atoms with Crippen molar-refractivity contribution in [3.8, 4) is 0 Å². The Kier molecular flexibility index (Phi) is 1.11. The van der Waals surface area contributed by atoms with Gasteiger partial charge in [0.25, 0.3) is 0 Å². The summed E-state index contributed by atoms with van der Waals surface area (Å²) in [5.41, 5.74) is 0. The van der Waals surface area contributed by atoms with Crippen LogP contribution in [0.5, 0.6) is 0 Å². The third-order valence-corrected chi connectivity index (χ3v) is 0.527. The minimum absolute atomic E-state index is 0.167. The molecule has 0 saturated carbocycles. The lowest BCUT2D eigenvalue weighted by atomic mass is 10.8. The van der Waals surface area contributed by atoms with Crippen molar-refractivity contribution in [3.05, 3.63) is 17.6 Å². The predicted octanol–water partition coefficient (Wildman–Crippen LogP) is -0.183. The van der Waals surface area contributed by atoms with Crippen LogP contribution in [-0.4, -0.2) is 20.6 Å². The lowest BCUT2D eigenvalue weighted by Crippen LogP contribution is -1.86. The van der Waals surface area contributed by atoms with E-state index in [9.17, 15) is 0 Å². The predicted molar refractivity (Wildman–Crippen MR) is 23.9 cm³/mol. The molecule has 0 aliphatic heterocycles. The van der Waals surface area contributed by atoms with Crippen molar-refractivity contribution < 1.29 is 0 Å². The standard InChI is InChI=1S/C3HN5/c1-4-3-2-5-7-8-6-3/h2H. The largest absolute Gasteiger partial charge is 0.358 e. The maximum absolute atomic E-state index is 6.40. The van der Waals surface area contributed by atoms with Gasteiger partial charge in [0.1, 0.15) is 0 Å². The molecule has 0 aliphatic rings. The minimum Gasteiger partial charge on any atom is -0.358 e. The van der Waals surface area contributed by atoms with Crippen LogP contribution in [0.1, 0.15) is 0 Å². The van der Waals surface area contributed by atoms with Gasteiger partial charge in [-0.05, 0) is 5.21 Å². The van der Waals surface area contributed by atoms with E-state index in [2.05, 4.69) is 25.5 Å². The van der Waals surface area contributed by atoms with E-state index in [0.717, 1.165) is 0 Å². The van der Waals surface area contributed by atoms with E-state index in [1.54, 1.807) is 0 Å². The van der Waals surface area contributed by atoms with Gasteiger partial charge in [0.2, 0.25) is 0 Å². The molecule has 5 nitrogen and oxygen atoms in total. The second-order valence-electron chi connectivity index (χ2n) is 0.993. The van der Waals surface area contributed by atoms with Crippen LogP contribution in [0.4, 0.5) is 5.82 Å². The molecular weight excluding hydrogens is 106 g/mol. The van der Waals surface area contributed by atoms with Gasteiger partial charge < -0.3 is 4.85 Å². The molecule has 0 fully saturated rings. The van der Waals surface area contributed by atoms with E-state index in [1.165, 1.54) is 6.20 Å². The van der Waals surface area contributed by atoms with Crippen molar-refractivity contribution in [2.75, 3.05) is 0 Å². The monoisotopic (exact) mass is 107 g/mol. The molecule has 0 aromatic carbocycles. The van der Waals surface area contributed by atoms with Crippen LogP contribution in [0.15, 0.2) is 6.20 Å². The molecule has 38 valence electrons. The molecule has 0 saturated heterocycles. The van der Waals surface area contributed by atoms with E-state index in [1.807, 2.05) is 0 Å². The number of nitrogens with zero attached hydrogens (tertiary/aromatic N) is 5. The molecular formula is C3HN5. The molecule has 0 atom stereocenters. The summed E-state index contributed by atoms with van der Waals surface area (Å²) in [6.07, 6.45) is 1.25. The molecule has 1 aromatic heterocycles. The van der Waals surface area contributed by atoms with Gasteiger partial charge in [-0.2, -0.15) is 0 Å². The Morgan fingerprint density at radius 3 is 2.75 bits per heavy atom. The Hall–Kier alpha value is -1.57. The Labute approximate surface area is 45.2 Å². The molecule has 0 N–H and O–H groups in total. The van der Waals surface area contributed by atoms with E-state index in [4.69, 9.17) is 6.57 Å². The Morgan fingerprint density at radius 1 is 1.50 bits per heavy atom. The lowest BCUT2D eigenvalue weighted by Gasteiger charge is -1.75. The summed E-state index contributed by atoms with van der Waals surface area (Å²) in [4.78, 5) is 2.94. The highest BCUT2D eigenvalue weighted by Gasteiger charge is 1.87. The van der Waals surface area contributed by atoms with Crippen LogP contribution < -0.4 is 0 Å². The lowest BCUT2D eigenvalue weighted by molar-refractivity contribution is 0.771. The van der Waals surface area contributed by atoms with E-state index in [0.29, 0.717) is 0 Å². The molecule has 1 aromatic rings. The zero-order valence-electron chi connectivity index (χ0n) is 3.81. The SMILES string of the molecule is [C-]#[N+]c1cnnnn1. The van der Waals surface area contributed by atoms with Crippen LogP contribution in [0.25, 0.3) is 4.85 Å². The average molecular weight is 107 g/mol. The third kappa shape index (κ3) is 0.733. The van der Waals surface area contributed by atoms with Gasteiger partial charge >= 0.3 is 5.82 Å². The Morgan fingerprint density at radius 2 is 2.38 bits per heavy atom. The van der Waals surface area contributed by atoms with Crippen LogP contribution >= 0.6 is 0 Å². The molecule has 0 amide bonds. The molecule has 0 aliphatic carbocycles. The van der Waals surface area contributed by atoms with E-state index < -0.39 is 0 Å². The minimum atomic E-state index is 0.167. The second-order valence-corrected chi connectivity index (χ2v) is 0.993. The molecule has 0 spiro atoms. The molecule has 5 heteroatoms. The molecule has 0 radical (unpaired) electrons. The van der Waals surface area contributed by atoms with Crippen molar-refractivity contribution in [1.29, 1.82) is 0 Å². The van der Waals surface area contributed by atoms with Crippen molar-refractivity contribution in [2.24, 2.45) is 0 Å². The normalized spacial score (nSPS) is 7.88. The summed E-state index contributed by atoms with van der Waals surface area (Å²) in [5, 5.41) is 12.9. The Balaban J connectivity index is 3.05. The summed E-state index contributed by atoms with van der Waals surface area (Å²) >= 11 is 0. The zero-order chi connectivity index (χ0) is 5.82. The van der Waals surface area contributed by atoms with Crippen molar-refractivity contribution in [3.63, 3.8) is 0 Å². The topological polar surface area (TPSA) is 55.9 Å². The fourth-order valence-corrected chi connectivity index (χ4v) is 0.243. The van der Waals surface area contributed by atoms with Gasteiger partial charge in [-0.3, -0.25) is 0 Å². The third-order valence-electron chi connectivity index (χ3n) is 0.527. The van der Waals surface area contributed by atoms with Crippen LogP contribution in [-0.2, 0) is 0 Å². The maximum atomic E-state index is 6.40. The molecule has 1 rings (SSSR count). The van der Waals surface area contributed by atoms with Crippen molar-refractivity contribution >= 4 is 5.82 Å². The molecule has 8 heavy (non-hydrogen) atoms. The van der Waals surface area contributed by atoms with Gasteiger partial charge in [0.05, 0.1) is 11.4 Å². The van der Waals surface area contributed by atoms with E-state index in [-0.39, 0.29) is 5.82 Å². The first kappa shape index (κ1) is 4.59. The van der Waals surface area contributed by atoms with Gasteiger partial charge in [0, 0.05) is 5.10 Å². The summed E-state index contributed by atoms with van der Waals surface area (Å²) in [6, 6.07) is 0. The summed E-state index contributed by atoms with van der Waals surface area (Å²) < 4.78 is 0. The summed E-state index contributed by atoms with van der Waals surface area (Å²) in [7, 11) is 0. The van der Waals surface area contributed by atoms with Gasteiger partial charge in [-0.15, -0.1) is 5.10 Å². The van der Waals surface area contributed by atoms with Crippen LogP contribution in [0, 0.1) is 6.57 Å². The first-order valence-electron chi connectivity index (χ1n) is 1.82. The van der Waals surface area contributed by atoms with Gasteiger partial charge in [0.15, 0.2) is 0 Å². The number of rotatable bonds is 0. The van der Waals surface area contributed by atoms with E-state index >= 15 is 0 Å². The molecule has 0 bridgehead atoms. The number of hydrogen-bond acceptors (Lipinski definition) is 4. The fraction of sp³-hybridized carbons (Fsp3) is 0. The van der Waals surface area contributed by atoms with Crippen molar-refractivity contribution in [2.45, 2.75) is 0 Å². The first-order chi connectivity index (χ1) is 3.93. The quantitative estimate of drug-likeness (QED) is 0.431. The number of aromatic nitrogens is 4. The maximum Gasteiger partial charge on any atom is 0.318 e. The zero-order valence-corrected chi connectivity index (χ0v) is 3.81. The van der Waals surface area contributed by atoms with Crippen LogP contribution in [0.3, 0.4) is 0 Å². The van der Waals surface area contributed by atoms with Gasteiger partial charge in [-0.1, -0.05) is 6.57 Å². The molecule has 0 unspecified atom stereocenters. The van der Waals surface area contributed by atoms with Crippen molar-refractivity contribution in [1.82, 2.24) is 20.6 Å². The Bertz CT molecular complexity index is 199. The second kappa shape index (κ2) is 1.93. The highest BCUT2D eigenvalue weighted by atomic mass is 15.4.